The minimum absolute atomic E-state index is 0.164. The van der Waals surface area contributed by atoms with Crippen molar-refractivity contribution in [2.75, 3.05) is 0 Å². The zero-order chi connectivity index (χ0) is 19.4. The number of hydrogen-bond acceptors (Lipinski definition) is 2. The molecule has 1 saturated carbocycles. The molecular weight excluding hydrogens is 382 g/mol. The second kappa shape index (κ2) is 6.05. The summed E-state index contributed by atoms with van der Waals surface area (Å²) in [6, 6.07) is 9.30. The van der Waals surface area contributed by atoms with Crippen LogP contribution >= 0.6 is 11.6 Å². The molecule has 27 heavy (non-hydrogen) atoms. The van der Waals surface area contributed by atoms with Crippen LogP contribution in [0.4, 0.5) is 17.6 Å². The third-order valence-corrected chi connectivity index (χ3v) is 5.31. The molecule has 0 radical (unpaired) electrons. The third kappa shape index (κ3) is 3.00. The van der Waals surface area contributed by atoms with Crippen LogP contribution in [0.1, 0.15) is 29.8 Å². The summed E-state index contributed by atoms with van der Waals surface area (Å²) < 4.78 is 54.1. The molecule has 0 N–H and O–H groups in total. The highest BCUT2D eigenvalue weighted by molar-refractivity contribution is 6.33. The standard InChI is InChI=1S/C19H14ClF4N3/c1-27-16(14-10-12(19(22,23)24)4-7-15(14)20)25-26-17(27)18(8-9-18)11-2-5-13(21)6-3-11/h2-7,10H,8-9H2,1H3. The van der Waals surface area contributed by atoms with Gasteiger partial charge in [0.1, 0.15) is 11.6 Å². The molecule has 1 heterocycles. The zero-order valence-corrected chi connectivity index (χ0v) is 14.9. The van der Waals surface area contributed by atoms with Crippen molar-refractivity contribution in [2.45, 2.75) is 24.4 Å². The molecule has 0 atom stereocenters. The van der Waals surface area contributed by atoms with Gasteiger partial charge in [0.05, 0.1) is 16.0 Å². The summed E-state index contributed by atoms with van der Waals surface area (Å²) in [5.74, 6) is 0.552. The largest absolute Gasteiger partial charge is 0.416 e. The van der Waals surface area contributed by atoms with E-state index in [1.54, 1.807) is 23.7 Å². The Bertz CT molecular complexity index is 1000. The Morgan fingerprint density at radius 1 is 1.04 bits per heavy atom. The van der Waals surface area contributed by atoms with Crippen molar-refractivity contribution in [1.29, 1.82) is 0 Å². The first-order chi connectivity index (χ1) is 12.7. The van der Waals surface area contributed by atoms with E-state index in [1.807, 2.05) is 0 Å². The van der Waals surface area contributed by atoms with Gasteiger partial charge >= 0.3 is 6.18 Å². The lowest BCUT2D eigenvalue weighted by Crippen LogP contribution is -2.15. The van der Waals surface area contributed by atoms with Crippen molar-refractivity contribution in [3.8, 4) is 11.4 Å². The first-order valence-corrected chi connectivity index (χ1v) is 8.63. The van der Waals surface area contributed by atoms with Crippen molar-refractivity contribution < 1.29 is 17.6 Å². The fourth-order valence-electron chi connectivity index (χ4n) is 3.39. The van der Waals surface area contributed by atoms with Gasteiger partial charge in [0.25, 0.3) is 0 Å². The highest BCUT2D eigenvalue weighted by Gasteiger charge is 2.50. The molecule has 0 unspecified atom stereocenters. The molecule has 1 fully saturated rings. The van der Waals surface area contributed by atoms with Gasteiger partial charge in [-0.2, -0.15) is 13.2 Å². The summed E-state index contributed by atoms with van der Waals surface area (Å²) in [6.45, 7) is 0. The Morgan fingerprint density at radius 2 is 1.70 bits per heavy atom. The molecule has 3 nitrogen and oxygen atoms in total. The fourth-order valence-corrected chi connectivity index (χ4v) is 3.59. The summed E-state index contributed by atoms with van der Waals surface area (Å²) in [6.07, 6.45) is -2.87. The van der Waals surface area contributed by atoms with Gasteiger partial charge in [0, 0.05) is 12.6 Å². The molecule has 140 valence electrons. The zero-order valence-electron chi connectivity index (χ0n) is 14.2. The Kier molecular flexibility index (Phi) is 4.03. The summed E-state index contributed by atoms with van der Waals surface area (Å²) in [5, 5.41) is 8.51. The minimum atomic E-state index is -4.48. The maximum atomic E-state index is 13.2. The van der Waals surface area contributed by atoms with Gasteiger partial charge in [-0.1, -0.05) is 23.7 Å². The summed E-state index contributed by atoms with van der Waals surface area (Å²) in [4.78, 5) is 0. The van der Waals surface area contributed by atoms with Gasteiger partial charge in [-0.15, -0.1) is 10.2 Å². The van der Waals surface area contributed by atoms with Crippen LogP contribution in [0, 0.1) is 5.82 Å². The van der Waals surface area contributed by atoms with E-state index >= 15 is 0 Å². The van der Waals surface area contributed by atoms with Crippen LogP contribution in [-0.4, -0.2) is 14.8 Å². The number of aromatic nitrogens is 3. The lowest BCUT2D eigenvalue weighted by molar-refractivity contribution is -0.137. The van der Waals surface area contributed by atoms with Gasteiger partial charge in [-0.25, -0.2) is 4.39 Å². The molecule has 3 aromatic rings. The van der Waals surface area contributed by atoms with Crippen LogP contribution in [0.3, 0.4) is 0 Å². The highest BCUT2D eigenvalue weighted by atomic mass is 35.5. The second-order valence-corrected chi connectivity index (χ2v) is 7.09. The SMILES string of the molecule is Cn1c(-c2cc(C(F)(F)F)ccc2Cl)nnc1C1(c2ccc(F)cc2)CC1. The van der Waals surface area contributed by atoms with Gasteiger partial charge in [-0.05, 0) is 48.7 Å². The van der Waals surface area contributed by atoms with Crippen LogP contribution < -0.4 is 0 Å². The van der Waals surface area contributed by atoms with Crippen molar-refractivity contribution in [3.63, 3.8) is 0 Å². The lowest BCUT2D eigenvalue weighted by atomic mass is 9.95. The number of alkyl halides is 3. The molecule has 0 saturated heterocycles. The molecule has 0 aliphatic heterocycles. The van der Waals surface area contributed by atoms with E-state index in [-0.39, 0.29) is 22.2 Å². The number of nitrogens with zero attached hydrogens (tertiary/aromatic N) is 3. The van der Waals surface area contributed by atoms with Crippen molar-refractivity contribution in [3.05, 3.63) is 70.3 Å². The minimum Gasteiger partial charge on any atom is -0.313 e. The Morgan fingerprint density at radius 3 is 2.30 bits per heavy atom. The van der Waals surface area contributed by atoms with E-state index in [9.17, 15) is 17.6 Å². The third-order valence-electron chi connectivity index (χ3n) is 4.98. The van der Waals surface area contributed by atoms with E-state index in [1.165, 1.54) is 18.2 Å². The summed E-state index contributed by atoms with van der Waals surface area (Å²) >= 11 is 6.14. The van der Waals surface area contributed by atoms with Crippen molar-refractivity contribution in [1.82, 2.24) is 14.8 Å². The topological polar surface area (TPSA) is 30.7 Å². The van der Waals surface area contributed by atoms with E-state index in [0.29, 0.717) is 5.82 Å². The molecule has 2 aromatic carbocycles. The van der Waals surface area contributed by atoms with E-state index in [4.69, 9.17) is 11.6 Å². The molecule has 0 spiro atoms. The van der Waals surface area contributed by atoms with Crippen molar-refractivity contribution in [2.24, 2.45) is 7.05 Å². The van der Waals surface area contributed by atoms with Crippen LogP contribution in [0.15, 0.2) is 42.5 Å². The predicted octanol–water partition coefficient (Wildman–Crippen LogP) is 5.37. The summed E-state index contributed by atoms with van der Waals surface area (Å²) in [5.41, 5.74) is -0.128. The first-order valence-electron chi connectivity index (χ1n) is 8.25. The predicted molar refractivity (Wildman–Crippen MR) is 92.9 cm³/mol. The van der Waals surface area contributed by atoms with E-state index in [0.717, 1.165) is 30.5 Å². The molecule has 1 aromatic heterocycles. The van der Waals surface area contributed by atoms with E-state index < -0.39 is 17.2 Å². The number of benzene rings is 2. The van der Waals surface area contributed by atoms with Crippen molar-refractivity contribution >= 4 is 11.6 Å². The normalized spacial score (nSPS) is 15.8. The molecule has 0 amide bonds. The lowest BCUT2D eigenvalue weighted by Gasteiger charge is -2.16. The maximum Gasteiger partial charge on any atom is 0.416 e. The maximum absolute atomic E-state index is 13.2. The Hall–Kier alpha value is -2.41. The Labute approximate surface area is 157 Å². The van der Waals surface area contributed by atoms with Gasteiger partial charge < -0.3 is 4.57 Å². The molecule has 1 aliphatic carbocycles. The van der Waals surface area contributed by atoms with Gasteiger partial charge in [0.2, 0.25) is 0 Å². The molecular formula is C19H14ClF4N3. The smallest absolute Gasteiger partial charge is 0.313 e. The van der Waals surface area contributed by atoms with Crippen LogP contribution in [0.25, 0.3) is 11.4 Å². The monoisotopic (exact) mass is 395 g/mol. The van der Waals surface area contributed by atoms with Crippen LogP contribution in [0.5, 0.6) is 0 Å². The first kappa shape index (κ1) is 18.0. The number of rotatable bonds is 3. The quantitative estimate of drug-likeness (QED) is 0.558. The van der Waals surface area contributed by atoms with Crippen LogP contribution in [0.2, 0.25) is 5.02 Å². The fraction of sp³-hybridized carbons (Fsp3) is 0.263. The number of halogens is 5. The molecule has 1 aliphatic rings. The van der Waals surface area contributed by atoms with Gasteiger partial charge in [-0.3, -0.25) is 0 Å². The number of hydrogen-bond donors (Lipinski definition) is 0. The Balaban J connectivity index is 1.79. The average Bonchev–Trinajstić information content (AvgIpc) is 3.32. The van der Waals surface area contributed by atoms with Gasteiger partial charge in [0.15, 0.2) is 5.82 Å². The second-order valence-electron chi connectivity index (χ2n) is 6.69. The van der Waals surface area contributed by atoms with Crippen LogP contribution in [-0.2, 0) is 18.6 Å². The van der Waals surface area contributed by atoms with E-state index in [2.05, 4.69) is 10.2 Å². The molecule has 8 heteroatoms. The highest BCUT2D eigenvalue weighted by Crippen LogP contribution is 2.53. The molecule has 0 bridgehead atoms. The molecule has 4 rings (SSSR count). The average molecular weight is 396 g/mol. The summed E-state index contributed by atoms with van der Waals surface area (Å²) in [7, 11) is 1.70.